The van der Waals surface area contributed by atoms with Gasteiger partial charge >= 0.3 is 6.18 Å². The molecule has 0 saturated carbocycles. The van der Waals surface area contributed by atoms with Crippen LogP contribution in [0.25, 0.3) is 0 Å². The van der Waals surface area contributed by atoms with Gasteiger partial charge in [-0.1, -0.05) is 0 Å². The van der Waals surface area contributed by atoms with Gasteiger partial charge in [-0.3, -0.25) is 4.79 Å². The molecule has 1 aromatic heterocycles. The van der Waals surface area contributed by atoms with E-state index in [1.54, 1.807) is 0 Å². The largest absolute Gasteiger partial charge is 0.418 e. The molecule has 6 heteroatoms. The molecule has 0 radical (unpaired) electrons. The number of pyridine rings is 1. The van der Waals surface area contributed by atoms with Crippen LogP contribution in [0.4, 0.5) is 13.2 Å². The van der Waals surface area contributed by atoms with E-state index in [1.165, 1.54) is 0 Å². The molecule has 0 aliphatic carbocycles. The molecule has 0 bridgehead atoms. The highest BCUT2D eigenvalue weighted by Crippen LogP contribution is 2.32. The molecule has 0 amide bonds. The maximum atomic E-state index is 12.0. The van der Waals surface area contributed by atoms with Crippen molar-refractivity contribution in [2.75, 3.05) is 0 Å². The molecule has 1 heterocycles. The van der Waals surface area contributed by atoms with Crippen molar-refractivity contribution in [3.05, 3.63) is 32.7 Å². The van der Waals surface area contributed by atoms with Crippen molar-refractivity contribution in [1.82, 2.24) is 4.98 Å². The molecule has 2 nitrogen and oxygen atoms in total. The van der Waals surface area contributed by atoms with Gasteiger partial charge in [0.1, 0.15) is 0 Å². The quantitative estimate of drug-likeness (QED) is 0.742. The summed E-state index contributed by atoms with van der Waals surface area (Å²) < 4.78 is 35.8. The molecule has 0 spiro atoms. The number of aromatic nitrogens is 1. The lowest BCUT2D eigenvalue weighted by Crippen LogP contribution is -2.12. The zero-order valence-electron chi connectivity index (χ0n) is 5.57. The third-order valence-electron chi connectivity index (χ3n) is 1.18. The minimum atomic E-state index is -4.44. The summed E-state index contributed by atoms with van der Waals surface area (Å²) in [7, 11) is 0. The van der Waals surface area contributed by atoms with Gasteiger partial charge < -0.3 is 4.98 Å². The Bertz CT molecular complexity index is 343. The second-order valence-electron chi connectivity index (χ2n) is 2.06. The van der Waals surface area contributed by atoms with E-state index in [2.05, 4.69) is 15.9 Å². The smallest absolute Gasteiger partial charge is 0.328 e. The van der Waals surface area contributed by atoms with E-state index in [9.17, 15) is 18.0 Å². The minimum absolute atomic E-state index is 0.251. The Morgan fingerprint density at radius 2 is 2.00 bits per heavy atom. The molecule has 0 saturated heterocycles. The molecule has 0 aliphatic rings. The van der Waals surface area contributed by atoms with Gasteiger partial charge in [-0.2, -0.15) is 13.2 Å². The first-order valence-corrected chi connectivity index (χ1v) is 3.66. The lowest BCUT2D eigenvalue weighted by atomic mass is 10.3. The first kappa shape index (κ1) is 9.31. The predicted octanol–water partition coefficient (Wildman–Crippen LogP) is 2.16. The van der Waals surface area contributed by atoms with Gasteiger partial charge in [0, 0.05) is 16.7 Å². The van der Waals surface area contributed by atoms with Crippen LogP contribution in [0.15, 0.2) is 21.5 Å². The first-order valence-electron chi connectivity index (χ1n) is 2.86. The number of hydrogen-bond donors (Lipinski definition) is 1. The highest BCUT2D eigenvalue weighted by atomic mass is 79.9. The Labute approximate surface area is 73.5 Å². The van der Waals surface area contributed by atoms with E-state index in [0.717, 1.165) is 6.07 Å². The standard InChI is InChI=1S/C6H3BrF3NO/c7-4-1-5(12)11-2-3(4)6(8,9)10/h1-2H,(H,11,12). The fourth-order valence-corrected chi connectivity index (χ4v) is 1.21. The van der Waals surface area contributed by atoms with Crippen molar-refractivity contribution in [1.29, 1.82) is 0 Å². The second-order valence-corrected chi connectivity index (χ2v) is 2.91. The molecule has 0 aromatic carbocycles. The van der Waals surface area contributed by atoms with Gasteiger partial charge in [-0.15, -0.1) is 0 Å². The van der Waals surface area contributed by atoms with Crippen LogP contribution in [-0.4, -0.2) is 4.98 Å². The fourth-order valence-electron chi connectivity index (χ4n) is 0.664. The monoisotopic (exact) mass is 241 g/mol. The average molecular weight is 242 g/mol. The molecule has 12 heavy (non-hydrogen) atoms. The number of alkyl halides is 3. The normalized spacial score (nSPS) is 11.7. The summed E-state index contributed by atoms with van der Waals surface area (Å²) >= 11 is 2.64. The maximum Gasteiger partial charge on any atom is 0.418 e. The lowest BCUT2D eigenvalue weighted by Gasteiger charge is -2.06. The highest BCUT2D eigenvalue weighted by molar-refractivity contribution is 9.10. The Morgan fingerprint density at radius 1 is 1.42 bits per heavy atom. The van der Waals surface area contributed by atoms with Gasteiger partial charge in [0.25, 0.3) is 0 Å². The zero-order chi connectivity index (χ0) is 9.35. The van der Waals surface area contributed by atoms with Crippen LogP contribution in [0.3, 0.4) is 0 Å². The van der Waals surface area contributed by atoms with Crippen LogP contribution >= 0.6 is 15.9 Å². The van der Waals surface area contributed by atoms with Gasteiger partial charge in [0.2, 0.25) is 5.56 Å². The van der Waals surface area contributed by atoms with Crippen LogP contribution < -0.4 is 5.56 Å². The van der Waals surface area contributed by atoms with Gasteiger partial charge in [0.05, 0.1) is 5.56 Å². The van der Waals surface area contributed by atoms with Crippen LogP contribution in [0.2, 0.25) is 0 Å². The van der Waals surface area contributed by atoms with Crippen LogP contribution in [0, 0.1) is 0 Å². The minimum Gasteiger partial charge on any atom is -0.328 e. The van der Waals surface area contributed by atoms with E-state index in [-0.39, 0.29) is 4.47 Å². The number of hydrogen-bond acceptors (Lipinski definition) is 1. The number of aromatic amines is 1. The van der Waals surface area contributed by atoms with E-state index >= 15 is 0 Å². The number of rotatable bonds is 0. The third-order valence-corrected chi connectivity index (χ3v) is 1.84. The van der Waals surface area contributed by atoms with Crippen molar-refractivity contribution in [3.63, 3.8) is 0 Å². The SMILES string of the molecule is O=c1cc(Br)c(C(F)(F)F)c[nH]1. The summed E-state index contributed by atoms with van der Waals surface area (Å²) in [5.41, 5.74) is -1.46. The van der Waals surface area contributed by atoms with E-state index in [4.69, 9.17) is 0 Å². The van der Waals surface area contributed by atoms with E-state index < -0.39 is 17.3 Å². The fraction of sp³-hybridized carbons (Fsp3) is 0.167. The topological polar surface area (TPSA) is 32.9 Å². The molecule has 1 N–H and O–H groups in total. The third kappa shape index (κ3) is 1.88. The summed E-state index contributed by atoms with van der Waals surface area (Å²) in [6, 6.07) is 0.836. The molecule has 1 aromatic rings. The number of nitrogens with one attached hydrogen (secondary N) is 1. The first-order chi connectivity index (χ1) is 5.41. The Balaban J connectivity index is 3.28. The molecule has 1 rings (SSSR count). The predicted molar refractivity (Wildman–Crippen MR) is 39.8 cm³/mol. The molecule has 0 fully saturated rings. The zero-order valence-corrected chi connectivity index (χ0v) is 7.16. The number of halogens is 4. The summed E-state index contributed by atoms with van der Waals surface area (Å²) in [5.74, 6) is 0. The van der Waals surface area contributed by atoms with Crippen molar-refractivity contribution in [2.24, 2.45) is 0 Å². The van der Waals surface area contributed by atoms with Crippen molar-refractivity contribution in [2.45, 2.75) is 6.18 Å². The Morgan fingerprint density at radius 3 is 2.42 bits per heavy atom. The van der Waals surface area contributed by atoms with Crippen molar-refractivity contribution in [3.8, 4) is 0 Å². The van der Waals surface area contributed by atoms with Crippen LogP contribution in [0.1, 0.15) is 5.56 Å². The van der Waals surface area contributed by atoms with Crippen LogP contribution in [0.5, 0.6) is 0 Å². The van der Waals surface area contributed by atoms with Gasteiger partial charge in [0.15, 0.2) is 0 Å². The maximum absolute atomic E-state index is 12.0. The van der Waals surface area contributed by atoms with E-state index in [1.807, 2.05) is 4.98 Å². The summed E-state index contributed by atoms with van der Waals surface area (Å²) in [6.45, 7) is 0. The Kier molecular flexibility index (Phi) is 2.27. The molecule has 0 aliphatic heterocycles. The Hall–Kier alpha value is -0.780. The van der Waals surface area contributed by atoms with Crippen molar-refractivity contribution < 1.29 is 13.2 Å². The summed E-state index contributed by atoms with van der Waals surface area (Å²) in [4.78, 5) is 12.5. The highest BCUT2D eigenvalue weighted by Gasteiger charge is 2.33. The molecule has 0 unspecified atom stereocenters. The van der Waals surface area contributed by atoms with Crippen LogP contribution in [-0.2, 0) is 6.18 Å². The summed E-state index contributed by atoms with van der Waals surface area (Å²) in [6.07, 6.45) is -3.81. The van der Waals surface area contributed by atoms with E-state index in [0.29, 0.717) is 6.20 Å². The molecule has 66 valence electrons. The number of H-pyrrole nitrogens is 1. The summed E-state index contributed by atoms with van der Waals surface area (Å²) in [5, 5.41) is 0. The lowest BCUT2D eigenvalue weighted by molar-refractivity contribution is -0.138. The molecular formula is C6H3BrF3NO. The average Bonchev–Trinajstić information content (AvgIpc) is 1.83. The molecule has 0 atom stereocenters. The van der Waals surface area contributed by atoms with Gasteiger partial charge in [-0.25, -0.2) is 0 Å². The second kappa shape index (κ2) is 2.93. The van der Waals surface area contributed by atoms with Gasteiger partial charge in [-0.05, 0) is 15.9 Å². The van der Waals surface area contributed by atoms with Crippen molar-refractivity contribution >= 4 is 15.9 Å². The molecular weight excluding hydrogens is 239 g/mol.